The quantitative estimate of drug-likeness (QED) is 0.564. The molecule has 0 aliphatic carbocycles. The highest BCUT2D eigenvalue weighted by molar-refractivity contribution is 6.33. The van der Waals surface area contributed by atoms with E-state index >= 15 is 0 Å². The van der Waals surface area contributed by atoms with Crippen molar-refractivity contribution in [2.75, 3.05) is 12.5 Å². The number of methoxy groups -OCH3 is 1. The number of ether oxygens (including phenoxy) is 1. The predicted octanol–water partition coefficient (Wildman–Crippen LogP) is 3.46. The first-order valence-electron chi connectivity index (χ1n) is 8.20. The lowest BCUT2D eigenvalue weighted by Crippen LogP contribution is -2.58. The van der Waals surface area contributed by atoms with Crippen LogP contribution < -0.4 is 10.2 Å². The number of fused-ring (bicyclic) bond motifs is 1. The van der Waals surface area contributed by atoms with Crippen molar-refractivity contribution in [3.05, 3.63) is 59.8 Å². The third kappa shape index (κ3) is 2.63. The molecular formula is C19H17ClN4O2. The minimum Gasteiger partial charge on any atom is -0.496 e. The molecular weight excluding hydrogens is 352 g/mol. The summed E-state index contributed by atoms with van der Waals surface area (Å²) in [5.41, 5.74) is 6.19. The van der Waals surface area contributed by atoms with Crippen molar-refractivity contribution in [2.45, 2.75) is 18.3 Å². The first kappa shape index (κ1) is 16.6. The van der Waals surface area contributed by atoms with Crippen LogP contribution in [-0.4, -0.2) is 33.4 Å². The maximum absolute atomic E-state index is 12.4. The molecule has 0 radical (unpaired) electrons. The number of anilines is 1. The molecule has 132 valence electrons. The van der Waals surface area contributed by atoms with E-state index in [4.69, 9.17) is 16.3 Å². The third-order valence-electron chi connectivity index (χ3n) is 4.46. The van der Waals surface area contributed by atoms with Gasteiger partial charge in [-0.15, -0.1) is 11.6 Å². The highest BCUT2D eigenvalue weighted by Gasteiger charge is 2.49. The maximum atomic E-state index is 12.4. The van der Waals surface area contributed by atoms with Crippen LogP contribution in [0.25, 0.3) is 11.0 Å². The summed E-state index contributed by atoms with van der Waals surface area (Å²) in [6, 6.07) is 14.8. The number of hydrogen-bond acceptors (Lipinski definition) is 5. The molecule has 1 fully saturated rings. The fourth-order valence-corrected chi connectivity index (χ4v) is 3.45. The van der Waals surface area contributed by atoms with Crippen molar-refractivity contribution in [1.29, 1.82) is 0 Å². The maximum Gasteiger partial charge on any atom is 0.262 e. The largest absolute Gasteiger partial charge is 0.496 e. The zero-order valence-corrected chi connectivity index (χ0v) is 15.1. The third-order valence-corrected chi connectivity index (χ3v) is 4.88. The predicted molar refractivity (Wildman–Crippen MR) is 100 cm³/mol. The topological polar surface area (TPSA) is 67.3 Å². The van der Waals surface area contributed by atoms with Gasteiger partial charge in [0.2, 0.25) is 0 Å². The Balaban J connectivity index is 1.69. The SMILES string of the molecule is COc1ccccc1C1C(Cl)C(=O)N1Nc1nc2ccccc2nc1C. The molecule has 1 aliphatic rings. The van der Waals surface area contributed by atoms with Gasteiger partial charge in [0.25, 0.3) is 5.91 Å². The van der Waals surface area contributed by atoms with Crippen LogP contribution in [-0.2, 0) is 4.79 Å². The summed E-state index contributed by atoms with van der Waals surface area (Å²) in [7, 11) is 1.60. The molecule has 1 amide bonds. The first-order chi connectivity index (χ1) is 12.6. The Morgan fingerprint density at radius 2 is 1.73 bits per heavy atom. The minimum absolute atomic E-state index is 0.211. The van der Waals surface area contributed by atoms with E-state index in [1.165, 1.54) is 5.01 Å². The van der Waals surface area contributed by atoms with Gasteiger partial charge in [0.05, 0.1) is 23.8 Å². The number of hydrogen-bond donors (Lipinski definition) is 1. The standard InChI is InChI=1S/C19H17ClN4O2/c1-11-18(22-14-9-5-4-8-13(14)21-11)23-24-17(16(20)19(24)25)12-7-3-6-10-15(12)26-2/h3-10,16-17H,1-2H3,(H,22,23). The van der Waals surface area contributed by atoms with Gasteiger partial charge in [-0.2, -0.15) is 0 Å². The number of nitrogens with zero attached hydrogens (tertiary/aromatic N) is 3. The average molecular weight is 369 g/mol. The summed E-state index contributed by atoms with van der Waals surface area (Å²) in [6.07, 6.45) is 0. The lowest BCUT2D eigenvalue weighted by atomic mass is 9.94. The number of aryl methyl sites for hydroxylation is 1. The number of alkyl halides is 1. The summed E-state index contributed by atoms with van der Waals surface area (Å²) >= 11 is 6.30. The van der Waals surface area contributed by atoms with Gasteiger partial charge in [-0.3, -0.25) is 10.2 Å². The number of carbonyl (C=O) groups is 1. The fraction of sp³-hybridized carbons (Fsp3) is 0.211. The molecule has 0 bridgehead atoms. The molecule has 1 N–H and O–H groups in total. The average Bonchev–Trinajstić information content (AvgIpc) is 2.67. The normalized spacial score (nSPS) is 19.3. The summed E-state index contributed by atoms with van der Waals surface area (Å²) in [5.74, 6) is 1.00. The number of carbonyl (C=O) groups excluding carboxylic acids is 1. The number of benzene rings is 2. The van der Waals surface area contributed by atoms with Crippen molar-refractivity contribution in [2.24, 2.45) is 0 Å². The number of β-lactam (4-membered cyclic amide) rings is 1. The van der Waals surface area contributed by atoms with Crippen molar-refractivity contribution < 1.29 is 9.53 Å². The Morgan fingerprint density at radius 3 is 2.46 bits per heavy atom. The van der Waals surface area contributed by atoms with Gasteiger partial charge in [0.15, 0.2) is 5.82 Å². The van der Waals surface area contributed by atoms with Crippen LogP contribution in [0.3, 0.4) is 0 Å². The van der Waals surface area contributed by atoms with E-state index in [9.17, 15) is 4.79 Å². The molecule has 7 heteroatoms. The van der Waals surface area contributed by atoms with Crippen LogP contribution in [0.5, 0.6) is 5.75 Å². The van der Waals surface area contributed by atoms with Gasteiger partial charge in [0, 0.05) is 5.56 Å². The number of nitrogens with one attached hydrogen (secondary N) is 1. The van der Waals surface area contributed by atoms with Gasteiger partial charge in [-0.05, 0) is 25.1 Å². The Bertz CT molecular complexity index is 994. The molecule has 2 heterocycles. The number of hydrazine groups is 1. The van der Waals surface area contributed by atoms with Crippen molar-refractivity contribution >= 4 is 34.4 Å². The first-order valence-corrected chi connectivity index (χ1v) is 8.64. The molecule has 26 heavy (non-hydrogen) atoms. The number of amides is 1. The van der Waals surface area contributed by atoms with Crippen LogP contribution >= 0.6 is 11.6 Å². The molecule has 1 aliphatic heterocycles. The van der Waals surface area contributed by atoms with Gasteiger partial charge < -0.3 is 4.74 Å². The van der Waals surface area contributed by atoms with Gasteiger partial charge in [0.1, 0.15) is 17.2 Å². The second kappa shape index (κ2) is 6.46. The summed E-state index contributed by atoms with van der Waals surface area (Å²) in [4.78, 5) is 21.5. The molecule has 2 unspecified atom stereocenters. The Labute approximate surface area is 155 Å². The van der Waals surface area contributed by atoms with Crippen LogP contribution in [0, 0.1) is 6.92 Å². The number of aromatic nitrogens is 2. The molecule has 3 aromatic rings. The number of halogens is 1. The van der Waals surface area contributed by atoms with Crippen LogP contribution in [0.4, 0.5) is 5.82 Å². The lowest BCUT2D eigenvalue weighted by Gasteiger charge is -2.44. The van der Waals surface area contributed by atoms with Crippen LogP contribution in [0.15, 0.2) is 48.5 Å². The number of para-hydroxylation sites is 3. The van der Waals surface area contributed by atoms with E-state index in [0.717, 1.165) is 16.6 Å². The van der Waals surface area contributed by atoms with E-state index in [0.29, 0.717) is 17.3 Å². The van der Waals surface area contributed by atoms with E-state index in [1.54, 1.807) is 7.11 Å². The fourth-order valence-electron chi connectivity index (χ4n) is 3.09. The summed E-state index contributed by atoms with van der Waals surface area (Å²) in [5, 5.41) is 0.828. The summed E-state index contributed by atoms with van der Waals surface area (Å²) in [6.45, 7) is 1.85. The smallest absolute Gasteiger partial charge is 0.262 e. The van der Waals surface area contributed by atoms with Gasteiger partial charge in [-0.25, -0.2) is 15.0 Å². The second-order valence-corrected chi connectivity index (χ2v) is 6.53. The van der Waals surface area contributed by atoms with Crippen molar-refractivity contribution in [3.63, 3.8) is 0 Å². The van der Waals surface area contributed by atoms with Crippen LogP contribution in [0.1, 0.15) is 17.3 Å². The number of rotatable bonds is 4. The minimum atomic E-state index is -0.660. The molecule has 6 nitrogen and oxygen atoms in total. The highest BCUT2D eigenvalue weighted by atomic mass is 35.5. The van der Waals surface area contributed by atoms with Crippen molar-refractivity contribution in [1.82, 2.24) is 15.0 Å². The zero-order valence-electron chi connectivity index (χ0n) is 14.3. The monoisotopic (exact) mass is 368 g/mol. The highest BCUT2D eigenvalue weighted by Crippen LogP contribution is 2.42. The van der Waals surface area contributed by atoms with Crippen molar-refractivity contribution in [3.8, 4) is 5.75 Å². The summed E-state index contributed by atoms with van der Waals surface area (Å²) < 4.78 is 5.41. The van der Waals surface area contributed by atoms with Gasteiger partial charge in [-0.1, -0.05) is 30.3 Å². The molecule has 0 saturated carbocycles. The van der Waals surface area contributed by atoms with Gasteiger partial charge >= 0.3 is 0 Å². The van der Waals surface area contributed by atoms with Crippen LogP contribution in [0.2, 0.25) is 0 Å². The van der Waals surface area contributed by atoms with E-state index in [2.05, 4.69) is 15.4 Å². The molecule has 4 rings (SSSR count). The molecule has 0 spiro atoms. The Morgan fingerprint density at radius 1 is 1.08 bits per heavy atom. The molecule has 2 aromatic carbocycles. The Kier molecular flexibility index (Phi) is 4.12. The molecule has 1 aromatic heterocycles. The van der Waals surface area contributed by atoms with E-state index in [-0.39, 0.29) is 11.9 Å². The lowest BCUT2D eigenvalue weighted by molar-refractivity contribution is -0.143. The second-order valence-electron chi connectivity index (χ2n) is 6.05. The van der Waals surface area contributed by atoms with E-state index < -0.39 is 5.38 Å². The molecule has 2 atom stereocenters. The van der Waals surface area contributed by atoms with E-state index in [1.807, 2.05) is 55.5 Å². The Hall–Kier alpha value is -2.86. The molecule has 1 saturated heterocycles. The zero-order chi connectivity index (χ0) is 18.3.